The maximum absolute atomic E-state index is 13.2. The molecule has 1 fully saturated rings. The molecule has 0 saturated carbocycles. The van der Waals surface area contributed by atoms with Gasteiger partial charge in [0.05, 0.1) is 0 Å². The maximum atomic E-state index is 13.2. The smallest absolute Gasteiger partial charge is 0.223 e. The van der Waals surface area contributed by atoms with Gasteiger partial charge in [0.1, 0.15) is 17.5 Å². The maximum Gasteiger partial charge on any atom is 0.223 e. The molecule has 1 aliphatic rings. The van der Waals surface area contributed by atoms with Gasteiger partial charge in [-0.15, -0.1) is 0 Å². The van der Waals surface area contributed by atoms with Gasteiger partial charge in [0.2, 0.25) is 5.95 Å². The predicted molar refractivity (Wildman–Crippen MR) is 81.2 cm³/mol. The number of anilines is 4. The van der Waals surface area contributed by atoms with Gasteiger partial charge in [0.25, 0.3) is 0 Å². The Balaban J connectivity index is 1.78. The van der Waals surface area contributed by atoms with Crippen LogP contribution in [-0.4, -0.2) is 36.1 Å². The van der Waals surface area contributed by atoms with Crippen molar-refractivity contribution in [2.45, 2.75) is 6.04 Å². The van der Waals surface area contributed by atoms with Crippen molar-refractivity contribution in [3.8, 4) is 0 Å². The lowest BCUT2D eigenvalue weighted by atomic mass is 10.1. The Bertz CT molecular complexity index is 641. The molecule has 0 radical (unpaired) electrons. The molecule has 7 heteroatoms. The van der Waals surface area contributed by atoms with Gasteiger partial charge in [-0.05, 0) is 25.2 Å². The Morgan fingerprint density at radius 2 is 2.10 bits per heavy atom. The van der Waals surface area contributed by atoms with E-state index in [-0.39, 0.29) is 11.8 Å². The van der Waals surface area contributed by atoms with Crippen LogP contribution in [0.5, 0.6) is 0 Å². The first kappa shape index (κ1) is 13.6. The summed E-state index contributed by atoms with van der Waals surface area (Å²) in [5.74, 6) is 1.21. The molecule has 1 aromatic carbocycles. The van der Waals surface area contributed by atoms with Crippen LogP contribution in [0.25, 0.3) is 0 Å². The van der Waals surface area contributed by atoms with E-state index >= 15 is 0 Å². The number of benzene rings is 1. The van der Waals surface area contributed by atoms with Crippen LogP contribution in [0, 0.1) is 5.82 Å². The van der Waals surface area contributed by atoms with Crippen LogP contribution in [0.2, 0.25) is 0 Å². The molecule has 0 bridgehead atoms. The van der Waals surface area contributed by atoms with E-state index in [1.165, 1.54) is 12.1 Å². The van der Waals surface area contributed by atoms with Crippen molar-refractivity contribution in [2.24, 2.45) is 0 Å². The molecule has 110 valence electrons. The quantitative estimate of drug-likeness (QED) is 0.788. The van der Waals surface area contributed by atoms with Crippen LogP contribution in [0.4, 0.5) is 27.7 Å². The van der Waals surface area contributed by atoms with Crippen molar-refractivity contribution in [1.29, 1.82) is 0 Å². The zero-order chi connectivity index (χ0) is 14.8. The van der Waals surface area contributed by atoms with Gasteiger partial charge in [-0.25, -0.2) is 4.39 Å². The molecule has 3 rings (SSSR count). The van der Waals surface area contributed by atoms with Crippen molar-refractivity contribution >= 4 is 23.3 Å². The van der Waals surface area contributed by atoms with Crippen LogP contribution in [-0.2, 0) is 0 Å². The molecular weight excluding hydrogens is 271 g/mol. The van der Waals surface area contributed by atoms with Crippen molar-refractivity contribution in [3.63, 3.8) is 0 Å². The van der Waals surface area contributed by atoms with Gasteiger partial charge in [-0.3, -0.25) is 0 Å². The van der Waals surface area contributed by atoms with E-state index in [1.54, 1.807) is 12.1 Å². The van der Waals surface area contributed by atoms with E-state index in [9.17, 15) is 4.39 Å². The Morgan fingerprint density at radius 3 is 2.81 bits per heavy atom. The summed E-state index contributed by atoms with van der Waals surface area (Å²) in [4.78, 5) is 10.5. The second-order valence-corrected chi connectivity index (χ2v) is 5.00. The number of aromatic nitrogens is 2. The minimum atomic E-state index is -0.304. The van der Waals surface area contributed by atoms with E-state index in [0.29, 0.717) is 17.5 Å². The third kappa shape index (κ3) is 3.03. The summed E-state index contributed by atoms with van der Waals surface area (Å²) in [7, 11) is 1.94. The highest BCUT2D eigenvalue weighted by molar-refractivity contribution is 5.61. The van der Waals surface area contributed by atoms with Gasteiger partial charge in [-0.2, -0.15) is 9.97 Å². The summed E-state index contributed by atoms with van der Waals surface area (Å²) in [5, 5.41) is 6.24. The molecule has 1 aliphatic heterocycles. The van der Waals surface area contributed by atoms with Crippen molar-refractivity contribution < 1.29 is 4.39 Å². The number of hydrogen-bond donors (Lipinski definition) is 3. The zero-order valence-electron chi connectivity index (χ0n) is 11.7. The van der Waals surface area contributed by atoms with E-state index in [0.717, 1.165) is 18.9 Å². The van der Waals surface area contributed by atoms with E-state index < -0.39 is 0 Å². The standard InChI is InChI=1S/C14H17FN6/c1-17-11-7-21(8-11)13-6-12(19-14(16)20-13)18-10-4-2-3-9(15)5-10/h2-6,11,17H,7-8H2,1H3,(H3,16,18,19,20). The minimum absolute atomic E-state index is 0.194. The van der Waals surface area contributed by atoms with Gasteiger partial charge in [0.15, 0.2) is 0 Å². The lowest BCUT2D eigenvalue weighted by molar-refractivity contribution is 0.447. The van der Waals surface area contributed by atoms with Crippen LogP contribution in [0.1, 0.15) is 0 Å². The van der Waals surface area contributed by atoms with Crippen LogP contribution in [0.15, 0.2) is 30.3 Å². The topological polar surface area (TPSA) is 79.1 Å². The number of halogens is 1. The molecular formula is C14H17FN6. The highest BCUT2D eigenvalue weighted by atomic mass is 19.1. The average Bonchev–Trinajstić information content (AvgIpc) is 2.36. The third-order valence-corrected chi connectivity index (χ3v) is 3.44. The predicted octanol–water partition coefficient (Wildman–Crippen LogP) is 1.35. The van der Waals surface area contributed by atoms with Crippen molar-refractivity contribution in [1.82, 2.24) is 15.3 Å². The van der Waals surface area contributed by atoms with E-state index in [4.69, 9.17) is 5.73 Å². The fraction of sp³-hybridized carbons (Fsp3) is 0.286. The highest BCUT2D eigenvalue weighted by Gasteiger charge is 2.26. The molecule has 0 atom stereocenters. The van der Waals surface area contributed by atoms with Crippen molar-refractivity contribution in [3.05, 3.63) is 36.1 Å². The Hall–Kier alpha value is -2.41. The lowest BCUT2D eigenvalue weighted by Crippen LogP contribution is -2.57. The molecule has 6 nitrogen and oxygen atoms in total. The first-order valence-corrected chi connectivity index (χ1v) is 6.73. The molecule has 0 aliphatic carbocycles. The molecule has 0 spiro atoms. The Labute approximate surface area is 122 Å². The van der Waals surface area contributed by atoms with Crippen molar-refractivity contribution in [2.75, 3.05) is 36.1 Å². The summed E-state index contributed by atoms with van der Waals surface area (Å²) in [5.41, 5.74) is 6.37. The lowest BCUT2D eigenvalue weighted by Gasteiger charge is -2.40. The largest absolute Gasteiger partial charge is 0.368 e. The summed E-state index contributed by atoms with van der Waals surface area (Å²) in [6.45, 7) is 1.76. The van der Waals surface area contributed by atoms with Crippen LogP contribution in [0.3, 0.4) is 0 Å². The zero-order valence-corrected chi connectivity index (χ0v) is 11.7. The third-order valence-electron chi connectivity index (χ3n) is 3.44. The Kier molecular flexibility index (Phi) is 3.57. The molecule has 2 aromatic rings. The summed E-state index contributed by atoms with van der Waals surface area (Å²) in [6, 6.07) is 8.48. The number of nitrogens with zero attached hydrogens (tertiary/aromatic N) is 3. The second kappa shape index (κ2) is 5.53. The fourth-order valence-electron chi connectivity index (χ4n) is 2.24. The number of hydrogen-bond acceptors (Lipinski definition) is 6. The number of likely N-dealkylation sites (N-methyl/N-ethyl adjacent to an activating group) is 1. The monoisotopic (exact) mass is 288 g/mol. The molecule has 0 unspecified atom stereocenters. The summed E-state index contributed by atoms with van der Waals surface area (Å²) < 4.78 is 13.2. The molecule has 1 saturated heterocycles. The SMILES string of the molecule is CNC1CN(c2cc(Nc3cccc(F)c3)nc(N)n2)C1. The van der Waals surface area contributed by atoms with Gasteiger partial charge in [0, 0.05) is 30.9 Å². The Morgan fingerprint density at radius 1 is 1.29 bits per heavy atom. The highest BCUT2D eigenvalue weighted by Crippen LogP contribution is 2.24. The number of nitrogens with two attached hydrogens (primary N) is 1. The number of nitrogens with one attached hydrogen (secondary N) is 2. The fourth-order valence-corrected chi connectivity index (χ4v) is 2.24. The summed E-state index contributed by atoms with van der Waals surface area (Å²) in [6.07, 6.45) is 0. The molecule has 1 aromatic heterocycles. The van der Waals surface area contributed by atoms with Gasteiger partial charge >= 0.3 is 0 Å². The molecule has 21 heavy (non-hydrogen) atoms. The normalized spacial score (nSPS) is 14.9. The number of nitrogen functional groups attached to an aromatic ring is 1. The minimum Gasteiger partial charge on any atom is -0.368 e. The van der Waals surface area contributed by atoms with E-state index in [2.05, 4.69) is 25.5 Å². The summed E-state index contributed by atoms with van der Waals surface area (Å²) >= 11 is 0. The average molecular weight is 288 g/mol. The van der Waals surface area contributed by atoms with Crippen LogP contribution >= 0.6 is 0 Å². The first-order chi connectivity index (χ1) is 10.1. The number of rotatable bonds is 4. The van der Waals surface area contributed by atoms with Crippen LogP contribution < -0.4 is 21.3 Å². The van der Waals surface area contributed by atoms with E-state index in [1.807, 2.05) is 13.1 Å². The molecule has 0 amide bonds. The molecule has 2 heterocycles. The van der Waals surface area contributed by atoms with Gasteiger partial charge < -0.3 is 21.3 Å². The second-order valence-electron chi connectivity index (χ2n) is 5.00. The van der Waals surface area contributed by atoms with Gasteiger partial charge in [-0.1, -0.05) is 6.07 Å². The molecule has 4 N–H and O–H groups in total. The first-order valence-electron chi connectivity index (χ1n) is 6.73.